The Morgan fingerprint density at radius 2 is 2.15 bits per heavy atom. The first-order valence-corrected chi connectivity index (χ1v) is 5.41. The molecule has 4 N–H and O–H groups in total. The molecule has 0 aromatic heterocycles. The maximum Gasteiger partial charge on any atom is 0.0325 e. The summed E-state index contributed by atoms with van der Waals surface area (Å²) in [6.07, 6.45) is 1.05. The van der Waals surface area contributed by atoms with Crippen molar-refractivity contribution in [2.75, 3.05) is 18.0 Å². The van der Waals surface area contributed by atoms with Gasteiger partial charge in [0.15, 0.2) is 0 Å². The largest absolute Gasteiger partial charge is 0.399 e. The van der Waals surface area contributed by atoms with E-state index in [0.717, 1.165) is 24.4 Å². The predicted octanol–water partition coefficient (Wildman–Crippen LogP) is 2.02. The molecule has 0 radical (unpaired) electrons. The van der Waals surface area contributed by atoms with E-state index >= 15 is 0 Å². The highest BCUT2D eigenvalue weighted by molar-refractivity contribution is 7.99. The molecular formula is C10H16N2S. The topological polar surface area (TPSA) is 52.0 Å². The Hall–Kier alpha value is -0.670. The Morgan fingerprint density at radius 1 is 1.38 bits per heavy atom. The summed E-state index contributed by atoms with van der Waals surface area (Å²) >= 11 is 1.83. The maximum atomic E-state index is 5.69. The number of anilines is 1. The molecule has 13 heavy (non-hydrogen) atoms. The highest BCUT2D eigenvalue weighted by Crippen LogP contribution is 2.24. The van der Waals surface area contributed by atoms with E-state index < -0.39 is 0 Å². The molecule has 0 saturated carbocycles. The minimum Gasteiger partial charge on any atom is -0.399 e. The molecule has 0 heterocycles. The zero-order chi connectivity index (χ0) is 9.68. The van der Waals surface area contributed by atoms with Crippen LogP contribution in [0.15, 0.2) is 23.1 Å². The van der Waals surface area contributed by atoms with Crippen LogP contribution in [0.3, 0.4) is 0 Å². The molecule has 2 nitrogen and oxygen atoms in total. The summed E-state index contributed by atoms with van der Waals surface area (Å²) in [4.78, 5) is 1.27. The lowest BCUT2D eigenvalue weighted by Gasteiger charge is -2.05. The van der Waals surface area contributed by atoms with Crippen LogP contribution in [0.1, 0.15) is 12.0 Å². The van der Waals surface area contributed by atoms with E-state index in [1.165, 1.54) is 10.5 Å². The smallest absolute Gasteiger partial charge is 0.0325 e. The molecule has 0 aliphatic rings. The number of aryl methyl sites for hydroxylation is 1. The van der Waals surface area contributed by atoms with E-state index in [1.807, 2.05) is 23.9 Å². The molecule has 1 aromatic carbocycles. The molecule has 0 fully saturated rings. The molecule has 0 saturated heterocycles. The molecule has 0 atom stereocenters. The number of thioether (sulfide) groups is 1. The van der Waals surface area contributed by atoms with Gasteiger partial charge in [-0.3, -0.25) is 0 Å². The van der Waals surface area contributed by atoms with Crippen LogP contribution in [0.4, 0.5) is 5.69 Å². The van der Waals surface area contributed by atoms with Gasteiger partial charge in [0.05, 0.1) is 0 Å². The van der Waals surface area contributed by atoms with E-state index in [-0.39, 0.29) is 0 Å². The molecule has 1 rings (SSSR count). The summed E-state index contributed by atoms with van der Waals surface area (Å²) in [5.74, 6) is 1.07. The maximum absolute atomic E-state index is 5.69. The minimum atomic E-state index is 0.758. The first-order chi connectivity index (χ1) is 6.24. The Balaban J connectivity index is 2.59. The van der Waals surface area contributed by atoms with E-state index in [4.69, 9.17) is 11.5 Å². The third-order valence-electron chi connectivity index (χ3n) is 1.82. The lowest BCUT2D eigenvalue weighted by molar-refractivity contribution is 0.942. The van der Waals surface area contributed by atoms with Crippen molar-refractivity contribution in [3.8, 4) is 0 Å². The van der Waals surface area contributed by atoms with Gasteiger partial charge in [0, 0.05) is 10.6 Å². The summed E-state index contributed by atoms with van der Waals surface area (Å²) in [6.45, 7) is 2.86. The first kappa shape index (κ1) is 10.4. The monoisotopic (exact) mass is 196 g/mol. The average molecular weight is 196 g/mol. The fourth-order valence-corrected chi connectivity index (χ4v) is 2.08. The van der Waals surface area contributed by atoms with Crippen molar-refractivity contribution in [2.24, 2.45) is 5.73 Å². The zero-order valence-corrected chi connectivity index (χ0v) is 8.73. The van der Waals surface area contributed by atoms with Crippen LogP contribution < -0.4 is 11.5 Å². The predicted molar refractivity (Wildman–Crippen MR) is 60.0 cm³/mol. The van der Waals surface area contributed by atoms with Crippen molar-refractivity contribution >= 4 is 17.4 Å². The highest BCUT2D eigenvalue weighted by Gasteiger charge is 1.98. The van der Waals surface area contributed by atoms with Gasteiger partial charge in [-0.05, 0) is 43.3 Å². The van der Waals surface area contributed by atoms with Crippen LogP contribution >= 0.6 is 11.8 Å². The summed E-state index contributed by atoms with van der Waals surface area (Å²) in [7, 11) is 0. The van der Waals surface area contributed by atoms with Gasteiger partial charge in [-0.2, -0.15) is 0 Å². The van der Waals surface area contributed by atoms with E-state index in [1.54, 1.807) is 0 Å². The summed E-state index contributed by atoms with van der Waals surface area (Å²) < 4.78 is 0. The SMILES string of the molecule is Cc1ccc(N)cc1SCCCN. The normalized spacial score (nSPS) is 10.3. The van der Waals surface area contributed by atoms with Crippen molar-refractivity contribution in [2.45, 2.75) is 18.2 Å². The van der Waals surface area contributed by atoms with Crippen molar-refractivity contribution in [1.29, 1.82) is 0 Å². The summed E-state index contributed by atoms with van der Waals surface area (Å²) in [5, 5.41) is 0. The second kappa shape index (κ2) is 5.14. The number of rotatable bonds is 4. The Kier molecular flexibility index (Phi) is 4.12. The third kappa shape index (κ3) is 3.28. The summed E-state index contributed by atoms with van der Waals surface area (Å²) in [5.41, 5.74) is 13.2. The number of hydrogen-bond donors (Lipinski definition) is 2. The highest BCUT2D eigenvalue weighted by atomic mass is 32.2. The van der Waals surface area contributed by atoms with Crippen molar-refractivity contribution in [3.63, 3.8) is 0 Å². The first-order valence-electron chi connectivity index (χ1n) is 4.43. The number of nitrogens with two attached hydrogens (primary N) is 2. The Bertz CT molecular complexity index is 274. The standard InChI is InChI=1S/C10H16N2S/c1-8-3-4-9(12)7-10(8)13-6-2-5-11/h3-4,7H,2,5-6,11-12H2,1H3. The van der Waals surface area contributed by atoms with Crippen molar-refractivity contribution < 1.29 is 0 Å². The second-order valence-electron chi connectivity index (χ2n) is 3.02. The lowest BCUT2D eigenvalue weighted by atomic mass is 10.2. The Labute approximate surface area is 83.7 Å². The number of hydrogen-bond acceptors (Lipinski definition) is 3. The molecule has 1 aromatic rings. The van der Waals surface area contributed by atoms with Gasteiger partial charge in [-0.15, -0.1) is 11.8 Å². The van der Waals surface area contributed by atoms with Crippen LogP contribution in [0, 0.1) is 6.92 Å². The fourth-order valence-electron chi connectivity index (χ4n) is 1.04. The van der Waals surface area contributed by atoms with Gasteiger partial charge < -0.3 is 11.5 Å². The van der Waals surface area contributed by atoms with Gasteiger partial charge in [-0.1, -0.05) is 6.07 Å². The molecule has 0 bridgehead atoms. The lowest BCUT2D eigenvalue weighted by Crippen LogP contribution is -1.99. The fraction of sp³-hybridized carbons (Fsp3) is 0.400. The van der Waals surface area contributed by atoms with Crippen LogP contribution in [0.2, 0.25) is 0 Å². The third-order valence-corrected chi connectivity index (χ3v) is 3.06. The molecular weight excluding hydrogens is 180 g/mol. The quantitative estimate of drug-likeness (QED) is 0.440. The average Bonchev–Trinajstić information content (AvgIpc) is 2.11. The van der Waals surface area contributed by atoms with Crippen LogP contribution in [0.5, 0.6) is 0 Å². The van der Waals surface area contributed by atoms with Crippen molar-refractivity contribution in [3.05, 3.63) is 23.8 Å². The Morgan fingerprint density at radius 3 is 2.85 bits per heavy atom. The number of nitrogen functional groups attached to an aromatic ring is 1. The number of benzene rings is 1. The van der Waals surface area contributed by atoms with Gasteiger partial charge >= 0.3 is 0 Å². The van der Waals surface area contributed by atoms with Crippen LogP contribution in [-0.2, 0) is 0 Å². The molecule has 0 unspecified atom stereocenters. The summed E-state index contributed by atoms with van der Waals surface area (Å²) in [6, 6.07) is 6.01. The second-order valence-corrected chi connectivity index (χ2v) is 4.15. The van der Waals surface area contributed by atoms with Gasteiger partial charge in [-0.25, -0.2) is 0 Å². The van der Waals surface area contributed by atoms with E-state index in [0.29, 0.717) is 0 Å². The van der Waals surface area contributed by atoms with E-state index in [2.05, 4.69) is 13.0 Å². The minimum absolute atomic E-state index is 0.758. The molecule has 0 aliphatic heterocycles. The van der Waals surface area contributed by atoms with Crippen LogP contribution in [-0.4, -0.2) is 12.3 Å². The molecule has 72 valence electrons. The van der Waals surface area contributed by atoms with E-state index in [9.17, 15) is 0 Å². The molecule has 0 amide bonds. The van der Waals surface area contributed by atoms with Gasteiger partial charge in [0.25, 0.3) is 0 Å². The molecule has 0 aliphatic carbocycles. The zero-order valence-electron chi connectivity index (χ0n) is 7.92. The molecule has 3 heteroatoms. The van der Waals surface area contributed by atoms with Gasteiger partial charge in [0.2, 0.25) is 0 Å². The van der Waals surface area contributed by atoms with Crippen LogP contribution in [0.25, 0.3) is 0 Å². The van der Waals surface area contributed by atoms with Gasteiger partial charge in [0.1, 0.15) is 0 Å². The molecule has 0 spiro atoms. The van der Waals surface area contributed by atoms with Crippen molar-refractivity contribution in [1.82, 2.24) is 0 Å².